The molecule has 0 saturated carbocycles. The zero-order chi connectivity index (χ0) is 28.8. The van der Waals surface area contributed by atoms with Crippen LogP contribution in [0.3, 0.4) is 0 Å². The predicted molar refractivity (Wildman–Crippen MR) is 162 cm³/mol. The van der Waals surface area contributed by atoms with Gasteiger partial charge in [-0.3, -0.25) is 0 Å². The van der Waals surface area contributed by atoms with Crippen LogP contribution in [0.4, 0.5) is 4.79 Å². The van der Waals surface area contributed by atoms with E-state index in [1.54, 1.807) is 0 Å². The van der Waals surface area contributed by atoms with Crippen molar-refractivity contribution in [2.24, 2.45) is 5.73 Å². The normalized spacial score (nSPS) is 12.9. The lowest BCUT2D eigenvalue weighted by Crippen LogP contribution is -2.46. The largest absolute Gasteiger partial charge is 0.494 e. The van der Waals surface area contributed by atoms with Gasteiger partial charge < -0.3 is 31.2 Å². The molecule has 0 heterocycles. The number of rotatable bonds is 15. The molecule has 3 aromatic carbocycles. The first-order valence-corrected chi connectivity index (χ1v) is 14.2. The van der Waals surface area contributed by atoms with Gasteiger partial charge in [-0.05, 0) is 74.9 Å². The van der Waals surface area contributed by atoms with Crippen LogP contribution in [0.25, 0.3) is 0 Å². The molecule has 7 nitrogen and oxygen atoms in total. The Labute approximate surface area is 239 Å². The molecule has 3 rings (SSSR count). The van der Waals surface area contributed by atoms with E-state index in [0.29, 0.717) is 13.2 Å². The quantitative estimate of drug-likeness (QED) is 0.215. The predicted octanol–water partition coefficient (Wildman–Crippen LogP) is 4.97. The van der Waals surface area contributed by atoms with Gasteiger partial charge in [0.2, 0.25) is 0 Å². The number of hydrogen-bond acceptors (Lipinski definition) is 6. The molecule has 2 unspecified atom stereocenters. The maximum absolute atomic E-state index is 11.9. The van der Waals surface area contributed by atoms with E-state index >= 15 is 0 Å². The first-order valence-electron chi connectivity index (χ1n) is 14.2. The molecular weight excluding hydrogens is 500 g/mol. The van der Waals surface area contributed by atoms with E-state index < -0.39 is 11.7 Å². The van der Waals surface area contributed by atoms with E-state index in [4.69, 9.17) is 15.2 Å². The number of carbonyl (C=O) groups excluding carboxylic acids is 1. The van der Waals surface area contributed by atoms with Crippen LogP contribution < -0.4 is 26.4 Å². The van der Waals surface area contributed by atoms with Crippen LogP contribution in [0, 0.1) is 0 Å². The summed E-state index contributed by atoms with van der Waals surface area (Å²) in [5, 5.41) is 10.1. The van der Waals surface area contributed by atoms with Gasteiger partial charge in [0, 0.05) is 38.3 Å². The molecule has 0 radical (unpaired) electrons. The SMILES string of the molecule is CCOc1ccc(CC(N)CNC(CNCc2ccc(CNC(=O)OC(C)(C)C)cc2)Cc2ccccc2)cc1. The number of ether oxygens (including phenoxy) is 2. The van der Waals surface area contributed by atoms with Gasteiger partial charge in [-0.15, -0.1) is 0 Å². The molecule has 0 aliphatic carbocycles. The summed E-state index contributed by atoms with van der Waals surface area (Å²) in [6, 6.07) is 27.2. The summed E-state index contributed by atoms with van der Waals surface area (Å²) >= 11 is 0. The smallest absolute Gasteiger partial charge is 0.407 e. The van der Waals surface area contributed by atoms with Crippen molar-refractivity contribution in [1.82, 2.24) is 16.0 Å². The second-order valence-corrected chi connectivity index (χ2v) is 11.1. The van der Waals surface area contributed by atoms with Crippen LogP contribution in [0.1, 0.15) is 49.9 Å². The third-order valence-electron chi connectivity index (χ3n) is 6.30. The minimum Gasteiger partial charge on any atom is -0.494 e. The number of alkyl carbamates (subject to hydrolysis) is 1. The van der Waals surface area contributed by atoms with Gasteiger partial charge in [0.05, 0.1) is 6.61 Å². The summed E-state index contributed by atoms with van der Waals surface area (Å²) in [5.41, 5.74) is 10.7. The second-order valence-electron chi connectivity index (χ2n) is 11.1. The van der Waals surface area contributed by atoms with Crippen LogP contribution in [-0.4, -0.2) is 43.5 Å². The maximum atomic E-state index is 11.9. The lowest BCUT2D eigenvalue weighted by Gasteiger charge is -2.22. The number of nitrogens with two attached hydrogens (primary N) is 1. The number of benzene rings is 3. The van der Waals surface area contributed by atoms with Crippen LogP contribution >= 0.6 is 0 Å². The Kier molecular flexibility index (Phi) is 12.5. The maximum Gasteiger partial charge on any atom is 0.407 e. The Balaban J connectivity index is 1.47. The lowest BCUT2D eigenvalue weighted by molar-refractivity contribution is 0.0523. The lowest BCUT2D eigenvalue weighted by atomic mass is 10.0. The van der Waals surface area contributed by atoms with Crippen molar-refractivity contribution in [2.75, 3.05) is 19.7 Å². The fourth-order valence-corrected chi connectivity index (χ4v) is 4.35. The molecule has 216 valence electrons. The third kappa shape index (κ3) is 12.2. The van der Waals surface area contributed by atoms with Crippen molar-refractivity contribution in [1.29, 1.82) is 0 Å². The summed E-state index contributed by atoms with van der Waals surface area (Å²) < 4.78 is 10.8. The fourth-order valence-electron chi connectivity index (χ4n) is 4.35. The van der Waals surface area contributed by atoms with Crippen LogP contribution in [0.15, 0.2) is 78.9 Å². The fraction of sp³-hybridized carbons (Fsp3) is 0.424. The molecule has 0 fully saturated rings. The minimum atomic E-state index is -0.506. The molecule has 0 aliphatic rings. The molecule has 3 aromatic rings. The Bertz CT molecular complexity index is 1130. The molecule has 0 aliphatic heterocycles. The summed E-state index contributed by atoms with van der Waals surface area (Å²) in [7, 11) is 0. The van der Waals surface area contributed by atoms with Gasteiger partial charge >= 0.3 is 6.09 Å². The number of carbonyl (C=O) groups is 1. The highest BCUT2D eigenvalue weighted by Gasteiger charge is 2.16. The number of nitrogens with one attached hydrogen (secondary N) is 3. The Morgan fingerprint density at radius 2 is 1.40 bits per heavy atom. The van der Waals surface area contributed by atoms with Crippen molar-refractivity contribution in [3.63, 3.8) is 0 Å². The first kappa shape index (κ1) is 31.1. The molecule has 7 heteroatoms. The zero-order valence-electron chi connectivity index (χ0n) is 24.4. The van der Waals surface area contributed by atoms with E-state index in [1.165, 1.54) is 16.7 Å². The molecule has 5 N–H and O–H groups in total. The summed E-state index contributed by atoms with van der Waals surface area (Å²) in [6.45, 7) is 10.9. The molecule has 0 saturated heterocycles. The monoisotopic (exact) mass is 546 g/mol. The molecule has 1 amide bonds. The average Bonchev–Trinajstić information content (AvgIpc) is 2.92. The first-order chi connectivity index (χ1) is 19.2. The van der Waals surface area contributed by atoms with Gasteiger partial charge in [-0.2, -0.15) is 0 Å². The Morgan fingerprint density at radius 1 is 0.800 bits per heavy atom. The summed E-state index contributed by atoms with van der Waals surface area (Å²) in [4.78, 5) is 11.9. The zero-order valence-corrected chi connectivity index (χ0v) is 24.4. The van der Waals surface area contributed by atoms with Crippen molar-refractivity contribution < 1.29 is 14.3 Å². The van der Waals surface area contributed by atoms with E-state index in [0.717, 1.165) is 43.8 Å². The average molecular weight is 547 g/mol. The van der Waals surface area contributed by atoms with Gasteiger partial charge in [-0.1, -0.05) is 66.7 Å². The van der Waals surface area contributed by atoms with Crippen LogP contribution in [0.2, 0.25) is 0 Å². The van der Waals surface area contributed by atoms with Gasteiger partial charge in [0.25, 0.3) is 0 Å². The highest BCUT2D eigenvalue weighted by atomic mass is 16.6. The van der Waals surface area contributed by atoms with Crippen molar-refractivity contribution >= 4 is 6.09 Å². The van der Waals surface area contributed by atoms with E-state index in [1.807, 2.05) is 58.0 Å². The molecule has 40 heavy (non-hydrogen) atoms. The third-order valence-corrected chi connectivity index (χ3v) is 6.30. The van der Waals surface area contributed by atoms with E-state index in [2.05, 4.69) is 64.5 Å². The molecule has 0 bridgehead atoms. The Hall–Kier alpha value is -3.39. The van der Waals surface area contributed by atoms with Gasteiger partial charge in [0.1, 0.15) is 11.4 Å². The standard InChI is InChI=1S/C33H46N4O3/c1-5-39-31-17-15-26(16-18-31)19-29(34)23-36-30(20-25-9-7-6-8-10-25)24-35-21-27-11-13-28(14-12-27)22-37-32(38)40-33(2,3)4/h6-18,29-30,35-36H,5,19-24,34H2,1-4H3,(H,37,38). The number of hydrogen-bond donors (Lipinski definition) is 4. The molecule has 0 aromatic heterocycles. The summed E-state index contributed by atoms with van der Waals surface area (Å²) in [6.07, 6.45) is 1.31. The summed E-state index contributed by atoms with van der Waals surface area (Å²) in [5.74, 6) is 0.888. The Morgan fingerprint density at radius 3 is 2.02 bits per heavy atom. The minimum absolute atomic E-state index is 0.0121. The van der Waals surface area contributed by atoms with Gasteiger partial charge in [0.15, 0.2) is 0 Å². The topological polar surface area (TPSA) is 97.6 Å². The second kappa shape index (κ2) is 16.0. The van der Waals surface area contributed by atoms with Crippen molar-refractivity contribution in [3.05, 3.63) is 101 Å². The molecule has 2 atom stereocenters. The van der Waals surface area contributed by atoms with Gasteiger partial charge in [-0.25, -0.2) is 4.79 Å². The molecular formula is C33H46N4O3. The van der Waals surface area contributed by atoms with Crippen LogP contribution in [-0.2, 0) is 30.7 Å². The van der Waals surface area contributed by atoms with Crippen molar-refractivity contribution in [2.45, 2.75) is 71.3 Å². The highest BCUT2D eigenvalue weighted by molar-refractivity contribution is 5.67. The van der Waals surface area contributed by atoms with E-state index in [9.17, 15) is 4.79 Å². The van der Waals surface area contributed by atoms with Crippen LogP contribution in [0.5, 0.6) is 5.75 Å². The highest BCUT2D eigenvalue weighted by Crippen LogP contribution is 2.13. The van der Waals surface area contributed by atoms with E-state index in [-0.39, 0.29) is 12.1 Å². The molecule has 0 spiro atoms. The van der Waals surface area contributed by atoms with Crippen molar-refractivity contribution in [3.8, 4) is 5.75 Å². The number of amides is 1.